The van der Waals surface area contributed by atoms with Gasteiger partial charge in [0.2, 0.25) is 0 Å². The average Bonchev–Trinajstić information content (AvgIpc) is 2.58. The van der Waals surface area contributed by atoms with Gasteiger partial charge in [-0.05, 0) is 24.3 Å². The van der Waals surface area contributed by atoms with Crippen molar-refractivity contribution in [1.82, 2.24) is 4.90 Å². The molecule has 0 aliphatic carbocycles. The fraction of sp³-hybridized carbons (Fsp3) is 0.235. The first-order valence-electron chi connectivity index (χ1n) is 7.14. The molecule has 0 bridgehead atoms. The van der Waals surface area contributed by atoms with Crippen molar-refractivity contribution in [3.05, 3.63) is 59.1 Å². The van der Waals surface area contributed by atoms with Crippen molar-refractivity contribution in [1.29, 1.82) is 0 Å². The molecule has 5 heteroatoms. The summed E-state index contributed by atoms with van der Waals surface area (Å²) < 4.78 is 11.4. The summed E-state index contributed by atoms with van der Waals surface area (Å²) in [4.78, 5) is 2.93. The van der Waals surface area contributed by atoms with E-state index in [4.69, 9.17) is 33.3 Å². The van der Waals surface area contributed by atoms with E-state index in [1.807, 2.05) is 42.5 Å². The number of rotatable bonds is 3. The van der Waals surface area contributed by atoms with Crippen molar-refractivity contribution >= 4 is 28.8 Å². The van der Waals surface area contributed by atoms with Gasteiger partial charge in [0.15, 0.2) is 0 Å². The van der Waals surface area contributed by atoms with Crippen LogP contribution in [0, 0.1) is 0 Å². The van der Waals surface area contributed by atoms with Crippen LogP contribution in [0.1, 0.15) is 5.56 Å². The van der Waals surface area contributed by atoms with Gasteiger partial charge in [0.05, 0.1) is 23.8 Å². The van der Waals surface area contributed by atoms with E-state index in [1.165, 1.54) is 0 Å². The lowest BCUT2D eigenvalue weighted by molar-refractivity contribution is 0.0692. The SMILES string of the molecule is S=C(c1ccccc1Oc1ccccc1Cl)N1CCOCC1. The van der Waals surface area contributed by atoms with Crippen LogP contribution >= 0.6 is 23.8 Å². The highest BCUT2D eigenvalue weighted by molar-refractivity contribution is 7.80. The van der Waals surface area contributed by atoms with Crippen LogP contribution in [-0.4, -0.2) is 36.2 Å². The number of benzene rings is 2. The maximum Gasteiger partial charge on any atom is 0.146 e. The van der Waals surface area contributed by atoms with Crippen LogP contribution < -0.4 is 4.74 Å². The molecule has 1 aliphatic heterocycles. The van der Waals surface area contributed by atoms with Crippen molar-refractivity contribution in [3.63, 3.8) is 0 Å². The van der Waals surface area contributed by atoms with Crippen molar-refractivity contribution in [2.75, 3.05) is 26.3 Å². The second kappa shape index (κ2) is 7.09. The third kappa shape index (κ3) is 3.40. The van der Waals surface area contributed by atoms with Crippen LogP contribution in [0.25, 0.3) is 0 Å². The number of para-hydroxylation sites is 2. The minimum atomic E-state index is 0.578. The number of halogens is 1. The zero-order valence-corrected chi connectivity index (χ0v) is 13.6. The standard InChI is InChI=1S/C17H16ClNO2S/c18-14-6-2-4-8-16(14)21-15-7-3-1-5-13(15)17(22)19-9-11-20-12-10-19/h1-8H,9-12H2. The van der Waals surface area contributed by atoms with E-state index >= 15 is 0 Å². The Kier molecular flexibility index (Phi) is 4.93. The molecule has 22 heavy (non-hydrogen) atoms. The fourth-order valence-electron chi connectivity index (χ4n) is 2.32. The summed E-state index contributed by atoms with van der Waals surface area (Å²) in [6, 6.07) is 15.2. The molecular weight excluding hydrogens is 318 g/mol. The molecule has 0 amide bonds. The van der Waals surface area contributed by atoms with Crippen molar-refractivity contribution in [3.8, 4) is 11.5 Å². The lowest BCUT2D eigenvalue weighted by Gasteiger charge is -2.29. The summed E-state index contributed by atoms with van der Waals surface area (Å²) in [5, 5.41) is 0.578. The Hall–Kier alpha value is -1.62. The lowest BCUT2D eigenvalue weighted by atomic mass is 10.1. The topological polar surface area (TPSA) is 21.7 Å². The van der Waals surface area contributed by atoms with Gasteiger partial charge in [0, 0.05) is 13.1 Å². The Balaban J connectivity index is 1.86. The molecule has 0 radical (unpaired) electrons. The molecule has 3 rings (SSSR count). The first-order valence-corrected chi connectivity index (χ1v) is 7.93. The highest BCUT2D eigenvalue weighted by Gasteiger charge is 2.18. The number of hydrogen-bond acceptors (Lipinski definition) is 3. The van der Waals surface area contributed by atoms with E-state index in [-0.39, 0.29) is 0 Å². The molecule has 1 aliphatic rings. The van der Waals surface area contributed by atoms with Gasteiger partial charge in [-0.3, -0.25) is 0 Å². The van der Waals surface area contributed by atoms with Crippen LogP contribution in [0.15, 0.2) is 48.5 Å². The summed E-state index contributed by atoms with van der Waals surface area (Å²) in [6.07, 6.45) is 0. The first kappa shape index (κ1) is 15.3. The molecule has 0 spiro atoms. The minimum Gasteiger partial charge on any atom is -0.455 e. The predicted octanol–water partition coefficient (Wildman–Crippen LogP) is 4.14. The highest BCUT2D eigenvalue weighted by atomic mass is 35.5. The zero-order valence-electron chi connectivity index (χ0n) is 12.0. The van der Waals surface area contributed by atoms with Crippen LogP contribution in [0.3, 0.4) is 0 Å². The second-order valence-electron chi connectivity index (χ2n) is 4.93. The van der Waals surface area contributed by atoms with Crippen LogP contribution in [0.4, 0.5) is 0 Å². The van der Waals surface area contributed by atoms with Gasteiger partial charge in [0.25, 0.3) is 0 Å². The van der Waals surface area contributed by atoms with Crippen molar-refractivity contribution in [2.24, 2.45) is 0 Å². The fourth-order valence-corrected chi connectivity index (χ4v) is 2.84. The third-order valence-corrected chi connectivity index (χ3v) is 4.26. The molecule has 0 N–H and O–H groups in total. The second-order valence-corrected chi connectivity index (χ2v) is 5.73. The van der Waals surface area contributed by atoms with Gasteiger partial charge < -0.3 is 14.4 Å². The Morgan fingerprint density at radius 2 is 1.64 bits per heavy atom. The Morgan fingerprint density at radius 1 is 1.00 bits per heavy atom. The summed E-state index contributed by atoms with van der Waals surface area (Å²) in [6.45, 7) is 3.01. The Bertz CT molecular complexity index is 671. The molecule has 0 atom stereocenters. The predicted molar refractivity (Wildman–Crippen MR) is 92.1 cm³/mol. The molecule has 1 heterocycles. The smallest absolute Gasteiger partial charge is 0.146 e. The summed E-state index contributed by atoms with van der Waals surface area (Å²) in [5.74, 6) is 1.34. The lowest BCUT2D eigenvalue weighted by Crippen LogP contribution is -2.40. The largest absolute Gasteiger partial charge is 0.455 e. The van der Waals surface area contributed by atoms with Gasteiger partial charge in [-0.15, -0.1) is 0 Å². The van der Waals surface area contributed by atoms with Gasteiger partial charge in [-0.25, -0.2) is 0 Å². The summed E-state index contributed by atoms with van der Waals surface area (Å²) in [7, 11) is 0. The first-order chi connectivity index (χ1) is 10.8. The molecule has 2 aromatic rings. The maximum absolute atomic E-state index is 6.17. The number of thiocarbonyl (C=S) groups is 1. The third-order valence-electron chi connectivity index (χ3n) is 3.47. The molecule has 3 nitrogen and oxygen atoms in total. The van der Waals surface area contributed by atoms with Gasteiger partial charge in [-0.2, -0.15) is 0 Å². The van der Waals surface area contributed by atoms with Crippen LogP contribution in [0.5, 0.6) is 11.5 Å². The normalized spacial score (nSPS) is 14.7. The number of hydrogen-bond donors (Lipinski definition) is 0. The molecular formula is C17H16ClNO2S. The van der Waals surface area contributed by atoms with Gasteiger partial charge in [0.1, 0.15) is 16.5 Å². The molecule has 2 aromatic carbocycles. The Morgan fingerprint density at radius 3 is 2.36 bits per heavy atom. The van der Waals surface area contributed by atoms with E-state index in [0.717, 1.165) is 23.6 Å². The Labute approximate surface area is 140 Å². The number of nitrogens with zero attached hydrogens (tertiary/aromatic N) is 1. The van der Waals surface area contributed by atoms with E-state index < -0.39 is 0 Å². The molecule has 1 fully saturated rings. The quantitative estimate of drug-likeness (QED) is 0.787. The van der Waals surface area contributed by atoms with E-state index in [2.05, 4.69) is 4.90 Å². The van der Waals surface area contributed by atoms with E-state index in [9.17, 15) is 0 Å². The molecule has 1 saturated heterocycles. The molecule has 0 aromatic heterocycles. The van der Waals surface area contributed by atoms with Crippen molar-refractivity contribution in [2.45, 2.75) is 0 Å². The highest BCUT2D eigenvalue weighted by Crippen LogP contribution is 2.31. The molecule has 0 unspecified atom stereocenters. The van der Waals surface area contributed by atoms with Crippen molar-refractivity contribution < 1.29 is 9.47 Å². The molecule has 114 valence electrons. The van der Waals surface area contributed by atoms with Crippen LogP contribution in [0.2, 0.25) is 5.02 Å². The monoisotopic (exact) mass is 333 g/mol. The maximum atomic E-state index is 6.17. The summed E-state index contributed by atoms with van der Waals surface area (Å²) in [5.41, 5.74) is 0.902. The zero-order chi connectivity index (χ0) is 15.4. The average molecular weight is 334 g/mol. The van der Waals surface area contributed by atoms with Gasteiger partial charge in [-0.1, -0.05) is 48.1 Å². The van der Waals surface area contributed by atoms with Gasteiger partial charge >= 0.3 is 0 Å². The van der Waals surface area contributed by atoms with E-state index in [0.29, 0.717) is 29.7 Å². The number of ether oxygens (including phenoxy) is 2. The van der Waals surface area contributed by atoms with E-state index in [1.54, 1.807) is 6.07 Å². The molecule has 0 saturated carbocycles. The summed E-state index contributed by atoms with van der Waals surface area (Å²) >= 11 is 11.8. The number of morpholine rings is 1. The minimum absolute atomic E-state index is 0.578. The van der Waals surface area contributed by atoms with Crippen LogP contribution in [-0.2, 0) is 4.74 Å².